The summed E-state index contributed by atoms with van der Waals surface area (Å²) in [7, 11) is 0. The van der Waals surface area contributed by atoms with Crippen LogP contribution in [0, 0.1) is 12.3 Å². The van der Waals surface area contributed by atoms with Crippen LogP contribution in [-0.2, 0) is 0 Å². The molecule has 0 bridgehead atoms. The lowest BCUT2D eigenvalue weighted by Crippen LogP contribution is -2.23. The van der Waals surface area contributed by atoms with E-state index in [0.717, 1.165) is 24.4 Å². The summed E-state index contributed by atoms with van der Waals surface area (Å²) < 4.78 is 1.18. The van der Waals surface area contributed by atoms with E-state index in [1.807, 2.05) is 18.7 Å². The minimum absolute atomic E-state index is 0.263. The third-order valence-electron chi connectivity index (χ3n) is 2.15. The van der Waals surface area contributed by atoms with Crippen molar-refractivity contribution in [2.45, 2.75) is 31.5 Å². The number of thiazole rings is 1. The number of hydrogen-bond donors (Lipinski definition) is 1. The molecule has 0 aliphatic rings. The van der Waals surface area contributed by atoms with Gasteiger partial charge in [-0.05, 0) is 25.3 Å². The molecule has 0 unspecified atom stereocenters. The fourth-order valence-electron chi connectivity index (χ4n) is 0.915. The van der Waals surface area contributed by atoms with Gasteiger partial charge >= 0.3 is 0 Å². The molecule has 4 heteroatoms. The lowest BCUT2D eigenvalue weighted by atomic mass is 9.91. The third-order valence-corrected chi connectivity index (χ3v) is 4.30. The lowest BCUT2D eigenvalue weighted by molar-refractivity contribution is 0.368. The van der Waals surface area contributed by atoms with Crippen LogP contribution in [0.25, 0.3) is 0 Å². The highest BCUT2D eigenvalue weighted by Crippen LogP contribution is 2.27. The van der Waals surface area contributed by atoms with Crippen LogP contribution in [0.5, 0.6) is 0 Å². The van der Waals surface area contributed by atoms with Crippen LogP contribution >= 0.6 is 23.1 Å². The Bertz CT molecular complexity index is 281. The first-order valence-electron chi connectivity index (χ1n) is 4.78. The lowest BCUT2D eigenvalue weighted by Gasteiger charge is -2.21. The van der Waals surface area contributed by atoms with Crippen LogP contribution in [0.4, 0.5) is 0 Å². The van der Waals surface area contributed by atoms with Gasteiger partial charge in [0.05, 0.1) is 0 Å². The number of aryl methyl sites for hydroxylation is 1. The van der Waals surface area contributed by atoms with Gasteiger partial charge in [-0.2, -0.15) is 0 Å². The number of hydrogen-bond acceptors (Lipinski definition) is 4. The number of rotatable bonds is 5. The van der Waals surface area contributed by atoms with Gasteiger partial charge in [0, 0.05) is 16.8 Å². The van der Waals surface area contributed by atoms with Crippen molar-refractivity contribution in [1.82, 2.24) is 4.98 Å². The van der Waals surface area contributed by atoms with E-state index in [2.05, 4.69) is 24.2 Å². The molecular weight excluding hydrogens is 212 g/mol. The predicted molar refractivity (Wildman–Crippen MR) is 65.0 cm³/mol. The van der Waals surface area contributed by atoms with Crippen LogP contribution in [0.15, 0.2) is 9.72 Å². The smallest absolute Gasteiger partial charge is 0.150 e. The van der Waals surface area contributed by atoms with Gasteiger partial charge < -0.3 is 5.73 Å². The monoisotopic (exact) mass is 230 g/mol. The summed E-state index contributed by atoms with van der Waals surface area (Å²) in [5.41, 5.74) is 7.05. The molecule has 2 nitrogen and oxygen atoms in total. The molecule has 0 fully saturated rings. The van der Waals surface area contributed by atoms with Crippen LogP contribution in [0.3, 0.4) is 0 Å². The number of aromatic nitrogens is 1. The zero-order valence-corrected chi connectivity index (χ0v) is 10.7. The molecule has 2 N–H and O–H groups in total. The summed E-state index contributed by atoms with van der Waals surface area (Å²) in [5.74, 6) is 1.11. The minimum atomic E-state index is 0.263. The second kappa shape index (κ2) is 5.14. The molecule has 0 aliphatic carbocycles. The second-order valence-electron chi connectivity index (χ2n) is 4.22. The van der Waals surface area contributed by atoms with E-state index in [0.29, 0.717) is 0 Å². The Morgan fingerprint density at radius 3 is 2.79 bits per heavy atom. The third kappa shape index (κ3) is 3.98. The summed E-state index contributed by atoms with van der Waals surface area (Å²) in [6.07, 6.45) is 1.15. The van der Waals surface area contributed by atoms with Crippen LogP contribution in [0.1, 0.15) is 26.0 Å². The first-order valence-corrected chi connectivity index (χ1v) is 6.65. The Kier molecular flexibility index (Phi) is 4.41. The fraction of sp³-hybridized carbons (Fsp3) is 0.700. The predicted octanol–water partition coefficient (Wildman–Crippen LogP) is 2.92. The van der Waals surface area contributed by atoms with Gasteiger partial charge in [-0.25, -0.2) is 4.98 Å². The Morgan fingerprint density at radius 2 is 2.29 bits per heavy atom. The average molecular weight is 230 g/mol. The number of nitrogens with zero attached hydrogens (tertiary/aromatic N) is 1. The molecule has 1 heterocycles. The fourth-order valence-corrected chi connectivity index (χ4v) is 3.14. The van der Waals surface area contributed by atoms with Crippen molar-refractivity contribution in [2.75, 3.05) is 12.3 Å². The molecule has 0 radical (unpaired) electrons. The van der Waals surface area contributed by atoms with Gasteiger partial charge in [-0.3, -0.25) is 0 Å². The summed E-state index contributed by atoms with van der Waals surface area (Å²) in [4.78, 5) is 4.41. The number of thioether (sulfide) groups is 1. The zero-order valence-electron chi connectivity index (χ0n) is 9.04. The van der Waals surface area contributed by atoms with Crippen molar-refractivity contribution in [1.29, 1.82) is 0 Å². The molecular formula is C10H18N2S2. The van der Waals surface area contributed by atoms with Gasteiger partial charge in [-0.1, -0.05) is 25.6 Å². The van der Waals surface area contributed by atoms with Crippen LogP contribution in [0.2, 0.25) is 0 Å². The molecule has 1 rings (SSSR count). The summed E-state index contributed by atoms with van der Waals surface area (Å²) >= 11 is 3.56. The standard InChI is InChI=1S/C10H18N2S2/c1-8-6-14-9(12-8)13-5-4-10(2,3)7-11/h6H,4-5,7,11H2,1-3H3. The van der Waals surface area contributed by atoms with E-state index in [4.69, 9.17) is 5.73 Å². The molecule has 0 atom stereocenters. The Balaban J connectivity index is 2.28. The minimum Gasteiger partial charge on any atom is -0.330 e. The molecule has 0 saturated heterocycles. The van der Waals surface area contributed by atoms with Crippen molar-refractivity contribution in [3.8, 4) is 0 Å². The molecule has 14 heavy (non-hydrogen) atoms. The van der Waals surface area contributed by atoms with Crippen molar-refractivity contribution in [2.24, 2.45) is 11.1 Å². The maximum Gasteiger partial charge on any atom is 0.150 e. The van der Waals surface area contributed by atoms with Crippen molar-refractivity contribution < 1.29 is 0 Å². The molecule has 0 spiro atoms. The highest BCUT2D eigenvalue weighted by atomic mass is 32.2. The first-order chi connectivity index (χ1) is 6.53. The van der Waals surface area contributed by atoms with Crippen molar-refractivity contribution in [3.63, 3.8) is 0 Å². The van der Waals surface area contributed by atoms with Gasteiger partial charge in [0.15, 0.2) is 0 Å². The highest BCUT2D eigenvalue weighted by molar-refractivity contribution is 8.01. The van der Waals surface area contributed by atoms with Gasteiger partial charge in [0.1, 0.15) is 4.34 Å². The van der Waals surface area contributed by atoms with E-state index < -0.39 is 0 Å². The summed E-state index contributed by atoms with van der Waals surface area (Å²) in [6.45, 7) is 7.20. The van der Waals surface area contributed by atoms with E-state index in [9.17, 15) is 0 Å². The molecule has 1 aromatic rings. The zero-order chi connectivity index (χ0) is 10.6. The van der Waals surface area contributed by atoms with Gasteiger partial charge in [0.25, 0.3) is 0 Å². The molecule has 1 aromatic heterocycles. The SMILES string of the molecule is Cc1csc(SCCC(C)(C)CN)n1. The van der Waals surface area contributed by atoms with Crippen LogP contribution < -0.4 is 5.73 Å². The molecule has 0 aromatic carbocycles. The Labute approximate surface area is 94.3 Å². The molecule has 0 aliphatic heterocycles. The van der Waals surface area contributed by atoms with Crippen molar-refractivity contribution in [3.05, 3.63) is 11.1 Å². The second-order valence-corrected chi connectivity index (χ2v) is 6.42. The van der Waals surface area contributed by atoms with E-state index in [-0.39, 0.29) is 5.41 Å². The van der Waals surface area contributed by atoms with E-state index in [1.165, 1.54) is 4.34 Å². The topological polar surface area (TPSA) is 38.9 Å². The van der Waals surface area contributed by atoms with Gasteiger partial charge in [-0.15, -0.1) is 11.3 Å². The quantitative estimate of drug-likeness (QED) is 0.791. The van der Waals surface area contributed by atoms with Gasteiger partial charge in [0.2, 0.25) is 0 Å². The molecule has 0 saturated carbocycles. The Hall–Kier alpha value is -0.0600. The molecule has 0 amide bonds. The van der Waals surface area contributed by atoms with E-state index in [1.54, 1.807) is 11.3 Å². The normalized spacial score (nSPS) is 12.0. The highest BCUT2D eigenvalue weighted by Gasteiger charge is 2.15. The average Bonchev–Trinajstić information content (AvgIpc) is 2.51. The maximum atomic E-state index is 5.67. The maximum absolute atomic E-state index is 5.67. The first kappa shape index (κ1) is 12.0. The largest absolute Gasteiger partial charge is 0.330 e. The number of nitrogens with two attached hydrogens (primary N) is 1. The summed E-state index contributed by atoms with van der Waals surface area (Å²) in [5, 5.41) is 2.09. The van der Waals surface area contributed by atoms with E-state index >= 15 is 0 Å². The Morgan fingerprint density at radius 1 is 1.57 bits per heavy atom. The van der Waals surface area contributed by atoms with Crippen LogP contribution in [-0.4, -0.2) is 17.3 Å². The van der Waals surface area contributed by atoms with Crippen molar-refractivity contribution >= 4 is 23.1 Å². The molecule has 80 valence electrons. The summed E-state index contributed by atoms with van der Waals surface area (Å²) in [6, 6.07) is 0.